The Morgan fingerprint density at radius 1 is 0.379 bits per heavy atom. The van der Waals surface area contributed by atoms with Crippen LogP contribution in [-0.2, 0) is 0 Å². The Balaban J connectivity index is 1.10. The minimum Gasteiger partial charge on any atom is -0.314 e. The number of anilines is 7. The van der Waals surface area contributed by atoms with E-state index in [9.17, 15) is 0 Å². The Morgan fingerprint density at radius 3 is 1.40 bits per heavy atom. The number of hydrogen-bond acceptors (Lipinski definition) is 3. The lowest BCUT2D eigenvalue weighted by Crippen LogP contribution is -2.56. The molecule has 1 aliphatic carbocycles. The van der Waals surface area contributed by atoms with Crippen LogP contribution in [-0.4, -0.2) is 6.71 Å². The van der Waals surface area contributed by atoms with Crippen LogP contribution in [0.15, 0.2) is 235 Å². The van der Waals surface area contributed by atoms with Gasteiger partial charge >= 0.3 is 0 Å². The fourth-order valence-corrected chi connectivity index (χ4v) is 9.39. The standard InChI is InChI=1S/C54H40BN3/c1-5-16-39(17-6-1)41-28-32-45(33-29-41)56(46-34-30-42(31-35-46)40-18-7-2-8-19-40)47-36-37-49-53(38-47)58(44-22-11-4-12-23-44)52-27-15-26-51-54(52)55(49)48-24-13-14-25-50(48)57(51)43-20-9-3-10-21-43/h1-35,38H,36-37H2. The van der Waals surface area contributed by atoms with E-state index < -0.39 is 0 Å². The predicted octanol–water partition coefficient (Wildman–Crippen LogP) is 12.9. The third kappa shape index (κ3) is 5.76. The summed E-state index contributed by atoms with van der Waals surface area (Å²) in [6.07, 6.45) is 4.33. The van der Waals surface area contributed by atoms with Crippen molar-refractivity contribution in [1.29, 1.82) is 0 Å². The highest BCUT2D eigenvalue weighted by Gasteiger charge is 2.44. The molecular weight excluding hydrogens is 701 g/mol. The first-order valence-corrected chi connectivity index (χ1v) is 20.3. The molecular formula is C54H40BN3. The number of hydrogen-bond donors (Lipinski definition) is 0. The molecule has 0 spiro atoms. The van der Waals surface area contributed by atoms with E-state index in [1.807, 2.05) is 0 Å². The normalized spacial score (nSPS) is 14.0. The molecule has 2 aliphatic heterocycles. The number of nitrogens with zero attached hydrogens (tertiary/aromatic N) is 3. The monoisotopic (exact) mass is 741 g/mol. The van der Waals surface area contributed by atoms with Gasteiger partial charge in [-0.25, -0.2) is 0 Å². The molecule has 11 rings (SSSR count). The van der Waals surface area contributed by atoms with Gasteiger partial charge in [0.2, 0.25) is 6.71 Å². The molecule has 2 heterocycles. The fraction of sp³-hybridized carbons (Fsp3) is 0.0370. The molecule has 274 valence electrons. The summed E-state index contributed by atoms with van der Waals surface area (Å²) >= 11 is 0. The van der Waals surface area contributed by atoms with E-state index in [0.717, 1.165) is 29.9 Å². The summed E-state index contributed by atoms with van der Waals surface area (Å²) in [5.41, 5.74) is 19.9. The van der Waals surface area contributed by atoms with Crippen LogP contribution < -0.4 is 25.6 Å². The topological polar surface area (TPSA) is 9.72 Å². The average Bonchev–Trinajstić information content (AvgIpc) is 3.30. The number of para-hydroxylation sites is 3. The maximum Gasteiger partial charge on any atom is 0.247 e. The van der Waals surface area contributed by atoms with Gasteiger partial charge in [-0.15, -0.1) is 0 Å². The SMILES string of the molecule is C1=C(N(c2ccc(-c3ccccc3)cc2)c2ccc(-c3ccccc3)cc2)CCC2=C1N(c1ccccc1)c1cccc3c1B2c1ccccc1N3c1ccccc1. The molecule has 0 aromatic heterocycles. The fourth-order valence-electron chi connectivity index (χ4n) is 9.39. The molecule has 0 N–H and O–H groups in total. The summed E-state index contributed by atoms with van der Waals surface area (Å²) in [4.78, 5) is 7.47. The van der Waals surface area contributed by atoms with Crippen LogP contribution in [0.25, 0.3) is 22.3 Å². The highest BCUT2D eigenvalue weighted by atomic mass is 15.2. The van der Waals surface area contributed by atoms with E-state index in [0.29, 0.717) is 0 Å². The zero-order valence-corrected chi connectivity index (χ0v) is 32.1. The highest BCUT2D eigenvalue weighted by Crippen LogP contribution is 2.48. The number of rotatable bonds is 7. The first-order valence-electron chi connectivity index (χ1n) is 20.3. The second kappa shape index (κ2) is 14.3. The Bertz CT molecular complexity index is 2730. The molecule has 58 heavy (non-hydrogen) atoms. The summed E-state index contributed by atoms with van der Waals surface area (Å²) in [6, 6.07) is 77.1. The molecule has 0 saturated carbocycles. The summed E-state index contributed by atoms with van der Waals surface area (Å²) in [6.45, 7) is 0.138. The zero-order chi connectivity index (χ0) is 38.4. The van der Waals surface area contributed by atoms with Crippen molar-refractivity contribution >= 4 is 57.5 Å². The molecule has 3 aliphatic rings. The van der Waals surface area contributed by atoms with E-state index in [-0.39, 0.29) is 6.71 Å². The largest absolute Gasteiger partial charge is 0.314 e. The van der Waals surface area contributed by atoms with Crippen molar-refractivity contribution in [1.82, 2.24) is 0 Å². The maximum atomic E-state index is 2.52. The first-order chi connectivity index (χ1) is 28.8. The van der Waals surface area contributed by atoms with Crippen molar-refractivity contribution in [2.45, 2.75) is 12.8 Å². The van der Waals surface area contributed by atoms with Gasteiger partial charge in [-0.2, -0.15) is 0 Å². The van der Waals surface area contributed by atoms with E-state index in [1.165, 1.54) is 72.8 Å². The van der Waals surface area contributed by atoms with Crippen LogP contribution in [0.2, 0.25) is 0 Å². The molecule has 0 atom stereocenters. The van der Waals surface area contributed by atoms with Gasteiger partial charge < -0.3 is 14.7 Å². The van der Waals surface area contributed by atoms with Gasteiger partial charge in [0.25, 0.3) is 0 Å². The highest BCUT2D eigenvalue weighted by molar-refractivity contribution is 6.95. The van der Waals surface area contributed by atoms with Crippen molar-refractivity contribution in [2.75, 3.05) is 14.7 Å². The smallest absolute Gasteiger partial charge is 0.247 e. The molecule has 0 unspecified atom stereocenters. The van der Waals surface area contributed by atoms with E-state index in [1.54, 1.807) is 0 Å². The van der Waals surface area contributed by atoms with Crippen molar-refractivity contribution in [2.24, 2.45) is 0 Å². The second-order valence-electron chi connectivity index (χ2n) is 15.3. The Hall–Kier alpha value is -7.30. The van der Waals surface area contributed by atoms with Gasteiger partial charge in [0.1, 0.15) is 0 Å². The van der Waals surface area contributed by atoms with Crippen LogP contribution in [0.5, 0.6) is 0 Å². The van der Waals surface area contributed by atoms with Crippen molar-refractivity contribution in [3.8, 4) is 22.3 Å². The molecule has 8 aromatic rings. The molecule has 0 saturated heterocycles. The Kier molecular flexibility index (Phi) is 8.40. The average molecular weight is 742 g/mol. The van der Waals surface area contributed by atoms with Crippen LogP contribution in [0.1, 0.15) is 12.8 Å². The number of benzene rings is 8. The molecule has 8 aromatic carbocycles. The van der Waals surface area contributed by atoms with Gasteiger partial charge in [-0.3, -0.25) is 0 Å². The van der Waals surface area contributed by atoms with Gasteiger partial charge in [0, 0.05) is 51.2 Å². The van der Waals surface area contributed by atoms with E-state index in [2.05, 4.69) is 233 Å². The van der Waals surface area contributed by atoms with Crippen LogP contribution in [0, 0.1) is 0 Å². The lowest BCUT2D eigenvalue weighted by atomic mass is 9.32. The minimum absolute atomic E-state index is 0.138. The first kappa shape index (κ1) is 34.0. The van der Waals surface area contributed by atoms with Crippen LogP contribution in [0.4, 0.5) is 39.8 Å². The summed E-state index contributed by atoms with van der Waals surface area (Å²) < 4.78 is 0. The van der Waals surface area contributed by atoms with Gasteiger partial charge in [0.15, 0.2) is 0 Å². The third-order valence-corrected chi connectivity index (χ3v) is 12.0. The van der Waals surface area contributed by atoms with Crippen molar-refractivity contribution in [3.05, 3.63) is 235 Å². The van der Waals surface area contributed by atoms with Gasteiger partial charge in [-0.05, 0) is 119 Å². The van der Waals surface area contributed by atoms with Crippen molar-refractivity contribution < 1.29 is 0 Å². The molecule has 0 fully saturated rings. The van der Waals surface area contributed by atoms with Crippen molar-refractivity contribution in [3.63, 3.8) is 0 Å². The molecule has 3 nitrogen and oxygen atoms in total. The zero-order valence-electron chi connectivity index (χ0n) is 32.1. The van der Waals surface area contributed by atoms with Crippen LogP contribution >= 0.6 is 0 Å². The van der Waals surface area contributed by atoms with Gasteiger partial charge in [-0.1, -0.05) is 151 Å². The minimum atomic E-state index is 0.138. The van der Waals surface area contributed by atoms with Gasteiger partial charge in [0.05, 0.1) is 0 Å². The molecule has 0 radical (unpaired) electrons. The number of allylic oxidation sites excluding steroid dienone is 3. The van der Waals surface area contributed by atoms with Crippen LogP contribution in [0.3, 0.4) is 0 Å². The molecule has 4 heteroatoms. The lowest BCUT2D eigenvalue weighted by molar-refractivity contribution is 0.878. The van der Waals surface area contributed by atoms with E-state index >= 15 is 0 Å². The Labute approximate surface area is 341 Å². The third-order valence-electron chi connectivity index (χ3n) is 12.0. The second-order valence-corrected chi connectivity index (χ2v) is 15.3. The number of fused-ring (bicyclic) bond motifs is 3. The lowest BCUT2D eigenvalue weighted by Gasteiger charge is -2.46. The summed E-state index contributed by atoms with van der Waals surface area (Å²) in [5.74, 6) is 0. The quantitative estimate of drug-likeness (QED) is 0.151. The summed E-state index contributed by atoms with van der Waals surface area (Å²) in [5, 5.41) is 0. The Morgan fingerprint density at radius 2 is 0.828 bits per heavy atom. The maximum absolute atomic E-state index is 2.52. The predicted molar refractivity (Wildman–Crippen MR) is 245 cm³/mol. The van der Waals surface area contributed by atoms with E-state index in [4.69, 9.17) is 0 Å². The molecule has 0 amide bonds. The summed E-state index contributed by atoms with van der Waals surface area (Å²) in [7, 11) is 0. The molecule has 0 bridgehead atoms.